The van der Waals surface area contributed by atoms with Crippen molar-refractivity contribution in [2.24, 2.45) is 0 Å². The van der Waals surface area contributed by atoms with E-state index in [0.29, 0.717) is 0 Å². The Morgan fingerprint density at radius 2 is 1.08 bits per heavy atom. The lowest BCUT2D eigenvalue weighted by Gasteiger charge is -2.22. The second-order valence-electron chi connectivity index (χ2n) is 5.90. The number of benzene rings is 2. The number of nitrogens with zero attached hydrogens (tertiary/aromatic N) is 2. The molecular formula is C21H22N2O2. The van der Waals surface area contributed by atoms with Gasteiger partial charge in [0.25, 0.3) is 11.8 Å². The first-order chi connectivity index (χ1) is 11.9. The molecule has 0 radical (unpaired) electrons. The molecule has 0 fully saturated rings. The van der Waals surface area contributed by atoms with E-state index in [1.807, 2.05) is 74.5 Å². The van der Waals surface area contributed by atoms with E-state index in [1.54, 1.807) is 14.1 Å². The maximum atomic E-state index is 12.9. The summed E-state index contributed by atoms with van der Waals surface area (Å²) in [5.41, 5.74) is 5.14. The minimum Gasteiger partial charge on any atom is -0.311 e. The van der Waals surface area contributed by atoms with Gasteiger partial charge in [-0.05, 0) is 43.7 Å². The van der Waals surface area contributed by atoms with Crippen molar-refractivity contribution in [3.05, 3.63) is 77.5 Å². The van der Waals surface area contributed by atoms with Crippen molar-refractivity contribution in [2.75, 3.05) is 23.9 Å². The van der Waals surface area contributed by atoms with Crippen LogP contribution in [0.3, 0.4) is 0 Å². The molecule has 0 aliphatic heterocycles. The van der Waals surface area contributed by atoms with Gasteiger partial charge in [0.15, 0.2) is 0 Å². The topological polar surface area (TPSA) is 40.6 Å². The van der Waals surface area contributed by atoms with E-state index in [0.717, 1.165) is 16.9 Å². The Kier molecular flexibility index (Phi) is 5.93. The number of rotatable bonds is 4. The van der Waals surface area contributed by atoms with E-state index in [9.17, 15) is 9.59 Å². The van der Waals surface area contributed by atoms with E-state index in [1.165, 1.54) is 9.80 Å². The first-order valence-corrected chi connectivity index (χ1v) is 8.02. The molecule has 0 N–H and O–H groups in total. The standard InChI is InChI=1S/C21H22N2O2/c1-16(2)15-19(20(24)22(3)17-11-7-5-8-12-17)21(25)23(4)18-13-9-6-10-14-18/h5-14H,1-4H3. The van der Waals surface area contributed by atoms with Gasteiger partial charge in [-0.25, -0.2) is 0 Å². The molecule has 0 heterocycles. The molecule has 25 heavy (non-hydrogen) atoms. The molecule has 128 valence electrons. The molecule has 0 saturated heterocycles. The molecule has 2 rings (SSSR count). The lowest BCUT2D eigenvalue weighted by molar-refractivity contribution is -0.120. The van der Waals surface area contributed by atoms with Crippen LogP contribution in [-0.4, -0.2) is 25.9 Å². The molecule has 0 aromatic heterocycles. The van der Waals surface area contributed by atoms with E-state index < -0.39 is 0 Å². The molecule has 0 saturated carbocycles. The van der Waals surface area contributed by atoms with Gasteiger partial charge in [-0.3, -0.25) is 9.59 Å². The number of hydrogen-bond donors (Lipinski definition) is 0. The number of anilines is 2. The second kappa shape index (κ2) is 8.13. The van der Waals surface area contributed by atoms with Crippen LogP contribution in [0.5, 0.6) is 0 Å². The number of carbonyl (C=O) groups is 2. The number of amides is 2. The van der Waals surface area contributed by atoms with Crippen LogP contribution in [0.4, 0.5) is 11.4 Å². The highest BCUT2D eigenvalue weighted by Crippen LogP contribution is 2.18. The Hall–Kier alpha value is -3.10. The van der Waals surface area contributed by atoms with Gasteiger partial charge >= 0.3 is 0 Å². The first-order valence-electron chi connectivity index (χ1n) is 8.02. The molecule has 0 unspecified atom stereocenters. The van der Waals surface area contributed by atoms with E-state index in [2.05, 4.69) is 5.73 Å². The van der Waals surface area contributed by atoms with Gasteiger partial charge in [-0.15, -0.1) is 5.73 Å². The van der Waals surface area contributed by atoms with Crippen molar-refractivity contribution in [2.45, 2.75) is 13.8 Å². The Morgan fingerprint density at radius 1 is 0.720 bits per heavy atom. The predicted octanol–water partition coefficient (Wildman–Crippen LogP) is 3.80. The van der Waals surface area contributed by atoms with Crippen LogP contribution in [0.2, 0.25) is 0 Å². The average Bonchev–Trinajstić information content (AvgIpc) is 2.65. The van der Waals surface area contributed by atoms with Crippen LogP contribution in [0.25, 0.3) is 0 Å². The molecule has 2 aromatic rings. The molecule has 2 amide bonds. The van der Waals surface area contributed by atoms with Crippen LogP contribution in [0.15, 0.2) is 77.5 Å². The van der Waals surface area contributed by atoms with Gasteiger partial charge in [0.1, 0.15) is 5.57 Å². The number of carbonyl (C=O) groups excluding carboxylic acids is 2. The third kappa shape index (κ3) is 4.46. The van der Waals surface area contributed by atoms with E-state index >= 15 is 0 Å². The van der Waals surface area contributed by atoms with Gasteiger partial charge in [0.05, 0.1) is 0 Å². The highest BCUT2D eigenvalue weighted by molar-refractivity contribution is 6.27. The molecule has 0 aliphatic carbocycles. The summed E-state index contributed by atoms with van der Waals surface area (Å²) in [6.07, 6.45) is 0. The zero-order chi connectivity index (χ0) is 18.4. The van der Waals surface area contributed by atoms with Gasteiger partial charge in [-0.2, -0.15) is 0 Å². The molecule has 0 aliphatic rings. The highest BCUT2D eigenvalue weighted by Gasteiger charge is 2.26. The minimum atomic E-state index is -0.389. The summed E-state index contributed by atoms with van der Waals surface area (Å²) in [5, 5.41) is 0. The molecule has 0 spiro atoms. The van der Waals surface area contributed by atoms with Crippen LogP contribution in [0, 0.1) is 0 Å². The summed E-state index contributed by atoms with van der Waals surface area (Å²) in [6.45, 7) is 3.62. The zero-order valence-corrected chi connectivity index (χ0v) is 15.0. The van der Waals surface area contributed by atoms with Crippen molar-refractivity contribution in [3.8, 4) is 0 Å². The van der Waals surface area contributed by atoms with Gasteiger partial charge < -0.3 is 9.80 Å². The summed E-state index contributed by atoms with van der Waals surface area (Å²) < 4.78 is 0. The summed E-state index contributed by atoms with van der Waals surface area (Å²) in [4.78, 5) is 28.8. The van der Waals surface area contributed by atoms with E-state index in [4.69, 9.17) is 0 Å². The SMILES string of the molecule is CC(C)=C=C(C(=O)N(C)c1ccccc1)C(=O)N(C)c1ccccc1. The summed E-state index contributed by atoms with van der Waals surface area (Å²) in [7, 11) is 3.31. The Labute approximate surface area is 148 Å². The van der Waals surface area contributed by atoms with Crippen molar-refractivity contribution < 1.29 is 9.59 Å². The van der Waals surface area contributed by atoms with Crippen LogP contribution >= 0.6 is 0 Å². The zero-order valence-electron chi connectivity index (χ0n) is 15.0. The number of para-hydroxylation sites is 2. The lowest BCUT2D eigenvalue weighted by atomic mass is 10.1. The van der Waals surface area contributed by atoms with Crippen LogP contribution in [0.1, 0.15) is 13.8 Å². The monoisotopic (exact) mass is 334 g/mol. The fraction of sp³-hybridized carbons (Fsp3) is 0.190. The molecule has 4 nitrogen and oxygen atoms in total. The molecule has 2 aromatic carbocycles. The molecule has 0 atom stereocenters. The maximum absolute atomic E-state index is 12.9. The second-order valence-corrected chi connectivity index (χ2v) is 5.90. The maximum Gasteiger partial charge on any atom is 0.271 e. The van der Waals surface area contributed by atoms with Crippen molar-refractivity contribution in [1.29, 1.82) is 0 Å². The summed E-state index contributed by atoms with van der Waals surface area (Å²) >= 11 is 0. The van der Waals surface area contributed by atoms with Crippen LogP contribution in [-0.2, 0) is 9.59 Å². The average molecular weight is 334 g/mol. The Balaban J connectivity index is 2.39. The van der Waals surface area contributed by atoms with Crippen molar-refractivity contribution >= 4 is 23.2 Å². The van der Waals surface area contributed by atoms with Gasteiger partial charge in [-0.1, -0.05) is 36.4 Å². The molecular weight excluding hydrogens is 312 g/mol. The predicted molar refractivity (Wildman–Crippen MR) is 102 cm³/mol. The quantitative estimate of drug-likeness (QED) is 0.369. The normalized spacial score (nSPS) is 9.76. The van der Waals surface area contributed by atoms with Gasteiger partial charge in [0, 0.05) is 25.5 Å². The third-order valence-corrected chi connectivity index (χ3v) is 3.70. The van der Waals surface area contributed by atoms with Crippen molar-refractivity contribution in [1.82, 2.24) is 0 Å². The van der Waals surface area contributed by atoms with Gasteiger partial charge in [0.2, 0.25) is 0 Å². The highest BCUT2D eigenvalue weighted by atomic mass is 16.2. The van der Waals surface area contributed by atoms with Crippen molar-refractivity contribution in [3.63, 3.8) is 0 Å². The fourth-order valence-electron chi connectivity index (χ4n) is 2.32. The van der Waals surface area contributed by atoms with E-state index in [-0.39, 0.29) is 17.4 Å². The molecule has 0 bridgehead atoms. The fourth-order valence-corrected chi connectivity index (χ4v) is 2.32. The number of hydrogen-bond acceptors (Lipinski definition) is 2. The first kappa shape index (κ1) is 18.2. The Morgan fingerprint density at radius 3 is 1.40 bits per heavy atom. The van der Waals surface area contributed by atoms with Crippen LogP contribution < -0.4 is 9.80 Å². The Bertz CT molecular complexity index is 756. The third-order valence-electron chi connectivity index (χ3n) is 3.70. The smallest absolute Gasteiger partial charge is 0.271 e. The minimum absolute atomic E-state index is 0.0118. The molecule has 4 heteroatoms. The summed E-state index contributed by atoms with van der Waals surface area (Å²) in [6, 6.07) is 18.4. The number of likely N-dealkylation sites (N-methyl/N-ethyl adjacent to an activating group) is 2. The largest absolute Gasteiger partial charge is 0.311 e. The lowest BCUT2D eigenvalue weighted by Crippen LogP contribution is -2.37. The summed E-state index contributed by atoms with van der Waals surface area (Å²) in [5.74, 6) is -0.777.